The fourth-order valence-electron chi connectivity index (χ4n) is 51.8. The van der Waals surface area contributed by atoms with E-state index >= 15 is 9.59 Å². The average Bonchev–Trinajstić information content (AvgIpc) is 1.38. The van der Waals surface area contributed by atoms with Gasteiger partial charge in [-0.05, 0) is 664 Å². The fraction of sp³-hybridized carbons (Fsp3) is 0.0746. The van der Waals surface area contributed by atoms with Gasteiger partial charge in [-0.15, -0.1) is 0 Å². The molecule has 0 unspecified atom stereocenters. The van der Waals surface area contributed by atoms with Crippen molar-refractivity contribution in [3.8, 4) is 0 Å². The zero-order chi connectivity index (χ0) is 81.9. The van der Waals surface area contributed by atoms with E-state index in [4.69, 9.17) is 0 Å². The Morgan fingerprint density at radius 2 is 0.268 bits per heavy atom. The highest BCUT2D eigenvalue weighted by molar-refractivity contribution is 6.88. The molecule has 0 saturated carbocycles. The molecule has 0 atom stereocenters. The predicted octanol–water partition coefficient (Wildman–Crippen LogP) is 34.0. The number of amides is 2. The summed E-state index contributed by atoms with van der Waals surface area (Å²) in [5, 5.41) is 172. The molecule has 574 valence electrons. The van der Waals surface area contributed by atoms with Crippen LogP contribution in [0.25, 0.3) is 582 Å². The first-order valence-electron chi connectivity index (χ1n) is 51.7. The molecule has 4 heteroatoms. The Labute approximate surface area is 747 Å². The molecule has 4 nitrogen and oxygen atoms in total. The van der Waals surface area contributed by atoms with Gasteiger partial charge in [-0.25, -0.2) is 0 Å². The van der Waals surface area contributed by atoms with Gasteiger partial charge in [0, 0.05) is 30.8 Å². The van der Waals surface area contributed by atoms with Gasteiger partial charge in [-0.3, -0.25) is 9.59 Å². The van der Waals surface area contributed by atoms with Gasteiger partial charge in [-0.1, -0.05) is 0 Å². The summed E-state index contributed by atoms with van der Waals surface area (Å²) < 4.78 is 0. The maximum absolute atomic E-state index is 18.3. The van der Waals surface area contributed by atoms with Gasteiger partial charge in [-0.2, -0.15) is 0 Å². The summed E-state index contributed by atoms with van der Waals surface area (Å²) in [7, 11) is 0. The van der Waals surface area contributed by atoms with Gasteiger partial charge in [0.15, 0.2) is 0 Å². The molecule has 2 fully saturated rings. The van der Waals surface area contributed by atoms with Crippen LogP contribution in [0.3, 0.4) is 0 Å². The third kappa shape index (κ3) is 2.69. The van der Waals surface area contributed by atoms with E-state index in [9.17, 15) is 0 Å². The van der Waals surface area contributed by atoms with Gasteiger partial charge in [0.1, 0.15) is 0 Å². The second-order valence-electron chi connectivity index (χ2n) is 52.2. The van der Waals surface area contributed by atoms with Crippen LogP contribution in [-0.4, -0.2) is 46.8 Å². The smallest absolute Gasteiger partial charge is 0.254 e. The molecule has 67 rings (SSSR count). The molecular weight excluding hydrogens is 1670 g/mol. The van der Waals surface area contributed by atoms with E-state index in [0.717, 1.165) is 0 Å². The number of benzene rings is 37. The third-order valence-electron chi connectivity index (χ3n) is 51.9. The summed E-state index contributed by atoms with van der Waals surface area (Å²) in [4.78, 5) is 41.3. The van der Waals surface area contributed by atoms with Crippen LogP contribution in [0.15, 0.2) is 24.3 Å². The monoisotopic (exact) mass is 1680 g/mol. The molecule has 2 aliphatic heterocycles. The van der Waals surface area contributed by atoms with Crippen LogP contribution in [0, 0.1) is 0 Å². The van der Waals surface area contributed by atoms with Crippen molar-refractivity contribution < 1.29 is 9.59 Å². The molecule has 57 aromatic rings. The molecular formula is C134H16N2O2. The van der Waals surface area contributed by atoms with Crippen molar-refractivity contribution >= 4 is 594 Å². The fourth-order valence-corrected chi connectivity index (χ4v) is 51.8. The average molecular weight is 1690 g/mol. The molecule has 57 aromatic carbocycles. The molecule has 2 amide bonds. The summed E-state index contributed by atoms with van der Waals surface area (Å²) in [6, 6.07) is 8.71. The molecule has 2 saturated heterocycles. The number of hydrogen-bond acceptors (Lipinski definition) is 2. The van der Waals surface area contributed by atoms with Gasteiger partial charge in [0.25, 0.3) is 11.8 Å². The van der Waals surface area contributed by atoms with E-state index in [2.05, 4.69) is 47.9 Å². The molecule has 0 bridgehead atoms. The Morgan fingerprint density at radius 3 is 0.413 bits per heavy atom. The number of nitrogens with zero attached hydrogens (tertiary/aromatic N) is 2. The van der Waals surface area contributed by atoms with Crippen LogP contribution in [0.5, 0.6) is 0 Å². The van der Waals surface area contributed by atoms with Crippen LogP contribution in [0.2, 0.25) is 0 Å². The van der Waals surface area contributed by atoms with E-state index in [0.29, 0.717) is 30.8 Å². The largest absolute Gasteiger partial charge is 0.336 e. The van der Waals surface area contributed by atoms with Crippen LogP contribution < -0.4 is 0 Å². The first-order valence-corrected chi connectivity index (χ1v) is 51.7. The lowest BCUT2D eigenvalue weighted by Gasteiger charge is -2.54. The van der Waals surface area contributed by atoms with Crippen LogP contribution in [0.4, 0.5) is 0 Å². The summed E-state index contributed by atoms with van der Waals surface area (Å²) in [6.07, 6.45) is 0. The summed E-state index contributed by atoms with van der Waals surface area (Å²) >= 11 is 0. The van der Waals surface area contributed by atoms with E-state index < -0.39 is 27.2 Å². The Morgan fingerprint density at radius 1 is 0.152 bits per heavy atom. The number of hydrogen-bond donors (Lipinski definition) is 0. The van der Waals surface area contributed by atoms with Crippen molar-refractivity contribution in [1.29, 1.82) is 0 Å². The molecule has 138 heavy (non-hydrogen) atoms. The third-order valence-corrected chi connectivity index (χ3v) is 51.9. The van der Waals surface area contributed by atoms with E-state index in [1.54, 1.807) is 626 Å². The van der Waals surface area contributed by atoms with Gasteiger partial charge < -0.3 is 9.80 Å². The molecule has 0 aromatic heterocycles. The van der Waals surface area contributed by atoms with Crippen LogP contribution in [0.1, 0.15) is 79.1 Å². The minimum absolute atomic E-state index is 0.109. The van der Waals surface area contributed by atoms with Crippen molar-refractivity contribution in [3.05, 3.63) is 79.9 Å². The standard InChI is InChI=1S/C134H16N2O2/c1-130(2)134-126-116-102-84-58-44-28-20-14-15-22-30(28)46(58)66-54-38(22)39-23(15)31-29-21(14)37-36(20)52-64(44)80-92-72(52)73-53(37)65-45(29)59-47(31)67-55(39)75-74(54)100(86(66)102)118(126)119-101(75)87(67)103-85(59)99-81(65)93(73)113-112(92)124(114(116)98(80)84)133(134,125(113)115(99)117(103)127(119)134)9-136(130)129(138)11-5-3-10(4-6-11)128(137)135-7-131-120-104-88-68-48-32-16-12-13-18-26-24(16)40-56-42(26)62-50-34(18)35-19(13)27-25-17(12)33(32)49-61-41(25)57-43(27)63-51(35)71-70(50)90-78(62)96-82(56)94(76(88)60(40)48)108(120)110(96)122-106(90)107-91(71)79(63)97-83(57)95-77(61)89(69(49)68)105(104)121(131)109(95)111(97)123(107)132(122,131)8-135/h3-6H,7-9H2,1-2H3. The Balaban J connectivity index is 0.485. The Bertz CT molecular complexity index is 15700. The SMILES string of the molecule is CC1(C)N(C(=O)c2ccc(C(=O)N3CC45c6c7c8c9c%10c%11c(c%12c%13c4c4c6c6c%14c7c7c8c8c%10c%10c%15c%11c%11c%12c%12c%13c%13c4c4c6c6c%14c%14c7c7c8c%10c8c%10c%15c%11c%11c%12c%12c%13c4c4c6c6c%14c7c8c7c%10c%11c%12c4c67)C95C3)cc2)CC23c4c5c6c7c8c9c(c%10c%11c2c2c4c4c%12c5c5c6c6c8c8c%13c9c9c%10c%10c%11c%11c2c2c4c4c%12c%12c5c5c6c8c6c8c%13c9c9c%10c%10c%11c2c2c4c4c%12c5c6c5c8c9c%10c2c45)C731. The summed E-state index contributed by atoms with van der Waals surface area (Å²) in [6.45, 7) is 7.09. The highest BCUT2D eigenvalue weighted by atomic mass is 16.2. The highest BCUT2D eigenvalue weighted by Gasteiger charge is 2.81. The van der Waals surface area contributed by atoms with Crippen molar-refractivity contribution in [2.45, 2.75) is 41.0 Å². The summed E-state index contributed by atoms with van der Waals surface area (Å²) in [5.41, 5.74) is 11.0. The normalized spacial score (nSPS) is 23.3. The lowest BCUT2D eigenvalue weighted by atomic mass is 9.45. The number of carbonyl (C=O) groups is 2. The van der Waals surface area contributed by atoms with E-state index in [-0.39, 0.29) is 11.8 Å². The van der Waals surface area contributed by atoms with Crippen molar-refractivity contribution in [2.24, 2.45) is 0 Å². The zero-order valence-corrected chi connectivity index (χ0v) is 70.6. The Hall–Kier alpha value is -16.9. The minimum Gasteiger partial charge on any atom is -0.336 e. The van der Waals surface area contributed by atoms with Crippen molar-refractivity contribution in [3.63, 3.8) is 0 Å². The summed E-state index contributed by atoms with van der Waals surface area (Å²) in [5.74, 6) is 0.228. The van der Waals surface area contributed by atoms with Gasteiger partial charge >= 0.3 is 0 Å². The van der Waals surface area contributed by atoms with Gasteiger partial charge in [0.05, 0.1) is 27.2 Å². The molecule has 2 heterocycles. The van der Waals surface area contributed by atoms with Crippen LogP contribution in [-0.2, 0) is 21.7 Å². The van der Waals surface area contributed by atoms with E-state index in [1.165, 1.54) is 0 Å². The number of rotatable bonds is 2. The second kappa shape index (κ2) is 11.4. The highest BCUT2D eigenvalue weighted by Crippen LogP contribution is 2.92. The topological polar surface area (TPSA) is 40.6 Å². The number of carbonyl (C=O) groups excluding carboxylic acids is 2. The lowest BCUT2D eigenvalue weighted by molar-refractivity contribution is 0.0598. The lowest BCUT2D eigenvalue weighted by Crippen LogP contribution is -2.59. The zero-order valence-electron chi connectivity index (χ0n) is 70.6. The molecule has 10 aliphatic rings. The van der Waals surface area contributed by atoms with Gasteiger partial charge in [0.2, 0.25) is 0 Å². The van der Waals surface area contributed by atoms with Crippen LogP contribution >= 0.6 is 0 Å². The molecule has 0 radical (unpaired) electrons. The maximum atomic E-state index is 18.3. The molecule has 8 aliphatic carbocycles. The van der Waals surface area contributed by atoms with Crippen molar-refractivity contribution in [2.75, 3.05) is 19.6 Å². The second-order valence-corrected chi connectivity index (χ2v) is 52.2. The quantitative estimate of drug-likeness (QED) is 0.162. The molecule has 4 spiro atoms. The van der Waals surface area contributed by atoms with Crippen molar-refractivity contribution in [1.82, 2.24) is 9.80 Å². The minimum atomic E-state index is -0.786. The molecule has 0 N–H and O–H groups in total. The van der Waals surface area contributed by atoms with E-state index in [1.807, 2.05) is 0 Å². The maximum Gasteiger partial charge on any atom is 0.254 e. The Kier molecular flexibility index (Phi) is 4.22. The first kappa shape index (κ1) is 51.0. The number of likely N-dealkylation sites (tertiary alicyclic amines) is 2. The predicted molar refractivity (Wildman–Crippen MR) is 575 cm³/mol. The first-order chi connectivity index (χ1) is 68.4.